The van der Waals surface area contributed by atoms with Crippen LogP contribution in [0.2, 0.25) is 0 Å². The molecule has 0 aliphatic rings. The second kappa shape index (κ2) is 9.54. The van der Waals surface area contributed by atoms with Crippen LogP contribution in [0, 0.1) is 0 Å². The molecule has 0 saturated carbocycles. The van der Waals surface area contributed by atoms with Gasteiger partial charge in [0.05, 0.1) is 22.5 Å². The van der Waals surface area contributed by atoms with Crippen LogP contribution in [0.3, 0.4) is 0 Å². The molecule has 0 saturated heterocycles. The number of nitrogens with one attached hydrogen (secondary N) is 2. The van der Waals surface area contributed by atoms with E-state index in [-0.39, 0.29) is 19.0 Å². The van der Waals surface area contributed by atoms with Gasteiger partial charge in [-0.25, -0.2) is 13.1 Å². The van der Waals surface area contributed by atoms with Crippen LogP contribution < -0.4 is 15.8 Å². The Hall–Kier alpha value is -1.36. The van der Waals surface area contributed by atoms with Crippen LogP contribution >= 0.6 is 12.4 Å². The minimum atomic E-state index is -4.66. The maximum atomic E-state index is 12.7. The van der Waals surface area contributed by atoms with E-state index in [2.05, 4.69) is 5.32 Å². The minimum Gasteiger partial charge on any atom is -0.348 e. The number of sulfonamides is 1. The molecule has 1 aromatic carbocycles. The van der Waals surface area contributed by atoms with Gasteiger partial charge in [-0.15, -0.1) is 12.4 Å². The van der Waals surface area contributed by atoms with Gasteiger partial charge in [-0.05, 0) is 31.0 Å². The average molecular weight is 418 g/mol. The van der Waals surface area contributed by atoms with Crippen LogP contribution in [-0.4, -0.2) is 33.0 Å². The quantitative estimate of drug-likeness (QED) is 0.602. The molecule has 1 amide bonds. The smallest absolute Gasteiger partial charge is 0.348 e. The molecule has 1 aromatic rings. The summed E-state index contributed by atoms with van der Waals surface area (Å²) in [5.74, 6) is -0.607. The van der Waals surface area contributed by atoms with Gasteiger partial charge < -0.3 is 11.1 Å². The maximum Gasteiger partial charge on any atom is 0.416 e. The zero-order chi connectivity index (χ0) is 19.3. The SMILES string of the molecule is CCC(CC)(CN)NC(=O)CNS(=O)(=O)c1cccc(C(F)(F)F)c1.Cl. The second-order valence-electron chi connectivity index (χ2n) is 5.59. The molecule has 0 spiro atoms. The zero-order valence-corrected chi connectivity index (χ0v) is 16.0. The fourth-order valence-electron chi connectivity index (χ4n) is 2.19. The van der Waals surface area contributed by atoms with Crippen molar-refractivity contribution in [2.24, 2.45) is 5.73 Å². The first-order chi connectivity index (χ1) is 11.5. The van der Waals surface area contributed by atoms with Gasteiger partial charge in [-0.1, -0.05) is 19.9 Å². The standard InChI is InChI=1S/C15H22F3N3O3S.ClH/c1-3-14(4-2,10-19)21-13(22)9-20-25(23,24)12-7-5-6-11(8-12)15(16,17)18;/h5-8,20H,3-4,9-10,19H2,1-2H3,(H,21,22);1H. The van der Waals surface area contributed by atoms with Gasteiger partial charge in [-0.3, -0.25) is 4.79 Å². The van der Waals surface area contributed by atoms with E-state index in [0.717, 1.165) is 18.2 Å². The third-order valence-corrected chi connectivity index (χ3v) is 5.44. The first-order valence-electron chi connectivity index (χ1n) is 7.67. The molecule has 0 atom stereocenters. The monoisotopic (exact) mass is 417 g/mol. The fraction of sp³-hybridized carbons (Fsp3) is 0.533. The van der Waals surface area contributed by atoms with Crippen molar-refractivity contribution in [3.8, 4) is 0 Å². The number of amides is 1. The molecule has 150 valence electrons. The van der Waals surface area contributed by atoms with Crippen molar-refractivity contribution < 1.29 is 26.4 Å². The first-order valence-corrected chi connectivity index (χ1v) is 9.16. The Morgan fingerprint density at radius 3 is 2.23 bits per heavy atom. The minimum absolute atomic E-state index is 0. The topological polar surface area (TPSA) is 101 Å². The normalized spacial score (nSPS) is 12.4. The lowest BCUT2D eigenvalue weighted by Crippen LogP contribution is -2.55. The highest BCUT2D eigenvalue weighted by Gasteiger charge is 2.32. The molecule has 0 heterocycles. The van der Waals surface area contributed by atoms with Gasteiger partial charge >= 0.3 is 6.18 Å². The van der Waals surface area contributed by atoms with Crippen molar-refractivity contribution >= 4 is 28.3 Å². The summed E-state index contributed by atoms with van der Waals surface area (Å²) in [4.78, 5) is 11.4. The molecule has 0 aromatic heterocycles. The lowest BCUT2D eigenvalue weighted by atomic mass is 9.93. The molecule has 11 heteroatoms. The van der Waals surface area contributed by atoms with E-state index >= 15 is 0 Å². The summed E-state index contributed by atoms with van der Waals surface area (Å²) in [5, 5.41) is 2.67. The van der Waals surface area contributed by atoms with Crippen LogP contribution in [0.25, 0.3) is 0 Å². The first kappa shape index (κ1) is 24.6. The molecule has 0 fully saturated rings. The molecule has 26 heavy (non-hydrogen) atoms. The summed E-state index contributed by atoms with van der Waals surface area (Å²) in [6, 6.07) is 3.30. The van der Waals surface area contributed by atoms with Crippen molar-refractivity contribution in [3.63, 3.8) is 0 Å². The summed E-state index contributed by atoms with van der Waals surface area (Å²) >= 11 is 0. The molecule has 4 N–H and O–H groups in total. The zero-order valence-electron chi connectivity index (χ0n) is 14.4. The number of halogens is 4. The molecule has 1 rings (SSSR count). The molecule has 0 bridgehead atoms. The van der Waals surface area contributed by atoms with Gasteiger partial charge in [0.15, 0.2) is 0 Å². The van der Waals surface area contributed by atoms with Crippen molar-refractivity contribution in [3.05, 3.63) is 29.8 Å². The Bertz CT molecular complexity index is 699. The van der Waals surface area contributed by atoms with Gasteiger partial charge in [0, 0.05) is 6.54 Å². The summed E-state index contributed by atoms with van der Waals surface area (Å²) in [6.07, 6.45) is -3.54. The Kier molecular flexibility index (Phi) is 9.04. The molecular formula is C15H23ClF3N3O3S. The third kappa shape index (κ3) is 6.42. The van der Waals surface area contributed by atoms with Crippen LogP contribution in [0.1, 0.15) is 32.3 Å². The third-order valence-electron chi connectivity index (χ3n) is 4.04. The predicted octanol–water partition coefficient (Wildman–Crippen LogP) is 2.04. The maximum absolute atomic E-state index is 12.7. The average Bonchev–Trinajstić information content (AvgIpc) is 2.57. The van der Waals surface area contributed by atoms with Gasteiger partial charge in [0.1, 0.15) is 0 Å². The van der Waals surface area contributed by atoms with Crippen LogP contribution in [0.4, 0.5) is 13.2 Å². The number of carbonyl (C=O) groups is 1. The number of hydrogen-bond acceptors (Lipinski definition) is 4. The van der Waals surface area contributed by atoms with E-state index in [1.165, 1.54) is 0 Å². The van der Waals surface area contributed by atoms with Crippen LogP contribution in [0.15, 0.2) is 29.2 Å². The fourth-order valence-corrected chi connectivity index (χ4v) is 3.22. The number of nitrogens with two attached hydrogens (primary N) is 1. The number of benzene rings is 1. The molecule has 0 aliphatic heterocycles. The van der Waals surface area contributed by atoms with E-state index in [0.29, 0.717) is 18.9 Å². The summed E-state index contributed by atoms with van der Waals surface area (Å²) in [6.45, 7) is 3.26. The Morgan fingerprint density at radius 2 is 1.77 bits per heavy atom. The highest BCUT2D eigenvalue weighted by atomic mass is 35.5. The van der Waals surface area contributed by atoms with Crippen molar-refractivity contribution in [1.82, 2.24) is 10.0 Å². The highest BCUT2D eigenvalue weighted by molar-refractivity contribution is 7.89. The number of hydrogen-bond donors (Lipinski definition) is 3. The number of carbonyl (C=O) groups excluding carboxylic acids is 1. The Labute approximate surface area is 157 Å². The summed E-state index contributed by atoms with van der Waals surface area (Å²) in [5.41, 5.74) is 3.92. The van der Waals surface area contributed by atoms with E-state index in [4.69, 9.17) is 5.73 Å². The highest BCUT2D eigenvalue weighted by Crippen LogP contribution is 2.30. The van der Waals surface area contributed by atoms with Crippen molar-refractivity contribution in [2.75, 3.05) is 13.1 Å². The molecular weight excluding hydrogens is 395 g/mol. The number of rotatable bonds is 8. The molecule has 0 radical (unpaired) electrons. The summed E-state index contributed by atoms with van der Waals surface area (Å²) in [7, 11) is -4.26. The second-order valence-corrected chi connectivity index (χ2v) is 7.36. The van der Waals surface area contributed by atoms with Crippen LogP contribution in [0.5, 0.6) is 0 Å². The Morgan fingerprint density at radius 1 is 1.19 bits per heavy atom. The lowest BCUT2D eigenvalue weighted by molar-refractivity contribution is -0.137. The van der Waals surface area contributed by atoms with Gasteiger partial charge in [0.2, 0.25) is 15.9 Å². The predicted molar refractivity (Wildman–Crippen MR) is 94.4 cm³/mol. The van der Waals surface area contributed by atoms with Crippen molar-refractivity contribution in [1.29, 1.82) is 0 Å². The van der Waals surface area contributed by atoms with Crippen molar-refractivity contribution in [2.45, 2.75) is 43.3 Å². The molecule has 0 aliphatic carbocycles. The van der Waals surface area contributed by atoms with E-state index in [1.807, 2.05) is 18.6 Å². The van der Waals surface area contributed by atoms with E-state index in [1.54, 1.807) is 0 Å². The largest absolute Gasteiger partial charge is 0.416 e. The lowest BCUT2D eigenvalue weighted by Gasteiger charge is -2.31. The number of alkyl halides is 3. The molecule has 0 unspecified atom stereocenters. The molecule has 6 nitrogen and oxygen atoms in total. The van der Waals surface area contributed by atoms with Gasteiger partial charge in [-0.2, -0.15) is 13.2 Å². The van der Waals surface area contributed by atoms with Gasteiger partial charge in [0.25, 0.3) is 0 Å². The van der Waals surface area contributed by atoms with E-state index in [9.17, 15) is 26.4 Å². The Balaban J connectivity index is 0.00000625. The summed E-state index contributed by atoms with van der Waals surface area (Å²) < 4.78 is 64.3. The van der Waals surface area contributed by atoms with Crippen LogP contribution in [-0.2, 0) is 21.0 Å². The van der Waals surface area contributed by atoms with E-state index < -0.39 is 44.6 Å².